The monoisotopic (exact) mass is 313 g/mol. The van der Waals surface area contributed by atoms with Gasteiger partial charge in [0.25, 0.3) is 0 Å². The van der Waals surface area contributed by atoms with Gasteiger partial charge in [0.1, 0.15) is 0 Å². The average molecular weight is 313 g/mol. The van der Waals surface area contributed by atoms with Gasteiger partial charge in [0.15, 0.2) is 0 Å². The van der Waals surface area contributed by atoms with E-state index in [1.807, 2.05) is 0 Å². The smallest absolute Gasteiger partial charge is 0.0402 e. The Morgan fingerprint density at radius 2 is 2.40 bits per heavy atom. The number of nitrogens with one attached hydrogen (secondary N) is 1. The number of halogens is 1. The van der Waals surface area contributed by atoms with Crippen LogP contribution in [0.15, 0.2) is 36.9 Å². The molecule has 0 aromatic heterocycles. The quantitative estimate of drug-likeness (QED) is 0.668. The van der Waals surface area contributed by atoms with Gasteiger partial charge in [-0.3, -0.25) is 0 Å². The van der Waals surface area contributed by atoms with E-state index in [1.165, 1.54) is 22.0 Å². The van der Waals surface area contributed by atoms with E-state index in [4.69, 9.17) is 0 Å². The molecule has 0 spiro atoms. The molecule has 0 bridgehead atoms. The first-order valence-corrected chi connectivity index (χ1v) is 6.45. The van der Waals surface area contributed by atoms with Gasteiger partial charge in [-0.25, -0.2) is 0 Å². The summed E-state index contributed by atoms with van der Waals surface area (Å²) in [6.45, 7) is 5.09. The van der Waals surface area contributed by atoms with Gasteiger partial charge in [-0.05, 0) is 66.1 Å². The van der Waals surface area contributed by atoms with Crippen LogP contribution in [-0.4, -0.2) is 12.1 Å². The van der Waals surface area contributed by atoms with Crippen molar-refractivity contribution in [3.63, 3.8) is 0 Å². The van der Waals surface area contributed by atoms with E-state index in [2.05, 4.69) is 64.8 Å². The summed E-state index contributed by atoms with van der Waals surface area (Å²) in [7, 11) is 0. The van der Waals surface area contributed by atoms with E-state index in [1.54, 1.807) is 0 Å². The molecule has 1 N–H and O–H groups in total. The highest BCUT2D eigenvalue weighted by molar-refractivity contribution is 14.1. The maximum Gasteiger partial charge on any atom is 0.0402 e. The Morgan fingerprint density at radius 3 is 3.00 bits per heavy atom. The second-order valence-corrected chi connectivity index (χ2v) is 5.44. The van der Waals surface area contributed by atoms with Gasteiger partial charge in [-0.15, -0.1) is 6.58 Å². The van der Waals surface area contributed by atoms with Crippen molar-refractivity contribution >= 4 is 22.6 Å². The molecule has 0 aliphatic carbocycles. The first kappa shape index (κ1) is 11.1. The molecule has 1 aromatic rings. The molecule has 2 heteroatoms. The molecule has 1 unspecified atom stereocenters. The SMILES string of the molecule is C=CC1(Cc2cccc(I)c2)CCCN1. The summed E-state index contributed by atoms with van der Waals surface area (Å²) in [6.07, 6.45) is 5.62. The van der Waals surface area contributed by atoms with Crippen molar-refractivity contribution in [3.8, 4) is 0 Å². The van der Waals surface area contributed by atoms with Crippen LogP contribution in [0.1, 0.15) is 18.4 Å². The fourth-order valence-corrected chi connectivity index (χ4v) is 2.85. The third-order valence-corrected chi connectivity index (χ3v) is 3.75. The zero-order chi connectivity index (χ0) is 10.7. The van der Waals surface area contributed by atoms with Crippen molar-refractivity contribution in [1.82, 2.24) is 5.32 Å². The first-order valence-electron chi connectivity index (χ1n) is 5.37. The van der Waals surface area contributed by atoms with Crippen LogP contribution >= 0.6 is 22.6 Å². The highest BCUT2D eigenvalue weighted by Gasteiger charge is 2.29. The molecular weight excluding hydrogens is 297 g/mol. The first-order chi connectivity index (χ1) is 7.24. The molecule has 0 radical (unpaired) electrons. The van der Waals surface area contributed by atoms with Crippen LogP contribution in [0.2, 0.25) is 0 Å². The number of benzene rings is 1. The lowest BCUT2D eigenvalue weighted by Crippen LogP contribution is -2.39. The molecule has 15 heavy (non-hydrogen) atoms. The summed E-state index contributed by atoms with van der Waals surface area (Å²) >= 11 is 2.36. The molecule has 1 aliphatic heterocycles. The van der Waals surface area contributed by atoms with Crippen molar-refractivity contribution in [2.75, 3.05) is 6.54 Å². The fourth-order valence-electron chi connectivity index (χ4n) is 2.24. The Bertz CT molecular complexity index is 353. The van der Waals surface area contributed by atoms with Crippen molar-refractivity contribution in [3.05, 3.63) is 46.1 Å². The molecule has 1 saturated heterocycles. The number of hydrogen-bond acceptors (Lipinski definition) is 1. The minimum atomic E-state index is 0.143. The molecule has 1 heterocycles. The van der Waals surface area contributed by atoms with Crippen LogP contribution in [-0.2, 0) is 6.42 Å². The lowest BCUT2D eigenvalue weighted by atomic mass is 9.89. The van der Waals surface area contributed by atoms with E-state index in [-0.39, 0.29) is 5.54 Å². The van der Waals surface area contributed by atoms with Crippen molar-refractivity contribution in [2.45, 2.75) is 24.8 Å². The van der Waals surface area contributed by atoms with Gasteiger partial charge in [0.2, 0.25) is 0 Å². The Kier molecular flexibility index (Phi) is 3.46. The molecule has 2 rings (SSSR count). The maximum atomic E-state index is 3.97. The van der Waals surface area contributed by atoms with Gasteiger partial charge in [-0.2, -0.15) is 0 Å². The number of hydrogen-bond donors (Lipinski definition) is 1. The second-order valence-electron chi connectivity index (χ2n) is 4.20. The minimum Gasteiger partial charge on any atom is -0.308 e. The highest BCUT2D eigenvalue weighted by atomic mass is 127. The predicted octanol–water partition coefficient (Wildman–Crippen LogP) is 3.14. The average Bonchev–Trinajstić information content (AvgIpc) is 2.67. The lowest BCUT2D eigenvalue weighted by molar-refractivity contribution is 0.468. The Hall–Kier alpha value is -0.350. The van der Waals surface area contributed by atoms with Crippen LogP contribution in [0.25, 0.3) is 0 Å². The zero-order valence-corrected chi connectivity index (χ0v) is 11.0. The van der Waals surface area contributed by atoms with Gasteiger partial charge in [0.05, 0.1) is 0 Å². The molecule has 1 aromatic carbocycles. The summed E-state index contributed by atoms with van der Waals surface area (Å²) < 4.78 is 1.31. The summed E-state index contributed by atoms with van der Waals surface area (Å²) in [4.78, 5) is 0. The molecule has 1 atom stereocenters. The van der Waals surface area contributed by atoms with Crippen molar-refractivity contribution in [1.29, 1.82) is 0 Å². The van der Waals surface area contributed by atoms with Crippen LogP contribution in [0.3, 0.4) is 0 Å². The van der Waals surface area contributed by atoms with Crippen LogP contribution in [0.4, 0.5) is 0 Å². The topological polar surface area (TPSA) is 12.0 Å². The zero-order valence-electron chi connectivity index (χ0n) is 8.80. The van der Waals surface area contributed by atoms with Gasteiger partial charge < -0.3 is 5.32 Å². The Morgan fingerprint density at radius 1 is 1.53 bits per heavy atom. The highest BCUT2D eigenvalue weighted by Crippen LogP contribution is 2.25. The van der Waals surface area contributed by atoms with Crippen LogP contribution in [0.5, 0.6) is 0 Å². The summed E-state index contributed by atoms with van der Waals surface area (Å²) in [5.74, 6) is 0. The van der Waals surface area contributed by atoms with Crippen molar-refractivity contribution < 1.29 is 0 Å². The minimum absolute atomic E-state index is 0.143. The molecule has 0 saturated carbocycles. The molecule has 0 amide bonds. The molecule has 1 aliphatic rings. The molecular formula is C13H16IN. The normalized spacial score (nSPS) is 25.4. The van der Waals surface area contributed by atoms with Gasteiger partial charge in [0, 0.05) is 9.11 Å². The van der Waals surface area contributed by atoms with E-state index in [9.17, 15) is 0 Å². The summed E-state index contributed by atoms with van der Waals surface area (Å²) in [5.41, 5.74) is 1.54. The standard InChI is InChI=1S/C13H16IN/c1-2-13(7-4-8-15-13)10-11-5-3-6-12(14)9-11/h2-3,5-6,9,15H,1,4,7-8,10H2. The Labute approximate surface area is 105 Å². The predicted molar refractivity (Wildman–Crippen MR) is 73.0 cm³/mol. The van der Waals surface area contributed by atoms with Crippen molar-refractivity contribution in [2.24, 2.45) is 0 Å². The largest absolute Gasteiger partial charge is 0.308 e. The third-order valence-electron chi connectivity index (χ3n) is 3.08. The lowest BCUT2D eigenvalue weighted by Gasteiger charge is -2.25. The third kappa shape index (κ3) is 2.61. The van der Waals surface area contributed by atoms with Gasteiger partial charge in [-0.1, -0.05) is 18.2 Å². The number of rotatable bonds is 3. The van der Waals surface area contributed by atoms with Crippen LogP contribution in [0, 0.1) is 3.57 Å². The fraction of sp³-hybridized carbons (Fsp3) is 0.385. The van der Waals surface area contributed by atoms with E-state index < -0.39 is 0 Å². The summed E-state index contributed by atoms with van der Waals surface area (Å²) in [5, 5.41) is 3.57. The molecule has 1 nitrogen and oxygen atoms in total. The summed E-state index contributed by atoms with van der Waals surface area (Å²) in [6, 6.07) is 8.72. The van der Waals surface area contributed by atoms with Gasteiger partial charge >= 0.3 is 0 Å². The molecule has 80 valence electrons. The van der Waals surface area contributed by atoms with Crippen LogP contribution < -0.4 is 5.32 Å². The van der Waals surface area contributed by atoms with E-state index in [0.717, 1.165) is 13.0 Å². The molecule has 1 fully saturated rings. The van der Waals surface area contributed by atoms with E-state index >= 15 is 0 Å². The van der Waals surface area contributed by atoms with E-state index in [0.29, 0.717) is 0 Å². The second kappa shape index (κ2) is 4.66. The maximum absolute atomic E-state index is 3.97. The Balaban J connectivity index is 2.16.